The van der Waals surface area contributed by atoms with Crippen molar-refractivity contribution < 1.29 is 0 Å². The molecule has 1 aromatic carbocycles. The van der Waals surface area contributed by atoms with Gasteiger partial charge in [0, 0.05) is 17.3 Å². The molecule has 0 saturated heterocycles. The fourth-order valence-corrected chi connectivity index (χ4v) is 2.87. The summed E-state index contributed by atoms with van der Waals surface area (Å²) in [6.45, 7) is 9.88. The Morgan fingerprint density at radius 3 is 2.53 bits per heavy atom. The van der Waals surface area contributed by atoms with Crippen molar-refractivity contribution in [2.45, 2.75) is 39.7 Å². The maximum atomic E-state index is 4.58. The summed E-state index contributed by atoms with van der Waals surface area (Å²) in [5.41, 5.74) is 2.19. The number of rotatable bonds is 5. The van der Waals surface area contributed by atoms with E-state index in [9.17, 15) is 0 Å². The van der Waals surface area contributed by atoms with Crippen LogP contribution in [-0.4, -0.2) is 22.6 Å². The molecule has 1 aromatic heterocycles. The Balaban J connectivity index is 2.50. The van der Waals surface area contributed by atoms with E-state index >= 15 is 0 Å². The second-order valence-electron chi connectivity index (χ2n) is 5.39. The van der Waals surface area contributed by atoms with Crippen LogP contribution >= 0.6 is 0 Å². The molecule has 0 aliphatic heterocycles. The quantitative estimate of drug-likeness (QED) is 0.892. The van der Waals surface area contributed by atoms with Gasteiger partial charge in [0.1, 0.15) is 6.33 Å². The first-order valence-corrected chi connectivity index (χ1v) is 7.08. The Morgan fingerprint density at radius 2 is 1.84 bits per heavy atom. The Labute approximate surface area is 115 Å². The molecule has 2 aromatic rings. The zero-order chi connectivity index (χ0) is 13.8. The second kappa shape index (κ2) is 6.11. The van der Waals surface area contributed by atoms with Gasteiger partial charge in [-0.2, -0.15) is 0 Å². The van der Waals surface area contributed by atoms with E-state index in [1.165, 1.54) is 5.39 Å². The molecule has 0 bridgehead atoms. The summed E-state index contributed by atoms with van der Waals surface area (Å²) in [7, 11) is 0. The molecule has 1 heterocycles. The van der Waals surface area contributed by atoms with Gasteiger partial charge in [0.05, 0.1) is 11.2 Å². The highest BCUT2D eigenvalue weighted by molar-refractivity contribution is 5.81. The van der Waals surface area contributed by atoms with Crippen molar-refractivity contribution in [3.05, 3.63) is 36.3 Å². The fourth-order valence-electron chi connectivity index (χ4n) is 2.87. The van der Waals surface area contributed by atoms with Crippen LogP contribution in [0.5, 0.6) is 0 Å². The molecule has 2 rings (SSSR count). The van der Waals surface area contributed by atoms with Crippen LogP contribution in [0.4, 0.5) is 0 Å². The van der Waals surface area contributed by atoms with Crippen LogP contribution in [0.15, 0.2) is 30.6 Å². The normalized spacial score (nSPS) is 14.8. The monoisotopic (exact) mass is 257 g/mol. The van der Waals surface area contributed by atoms with Crippen LogP contribution < -0.4 is 5.32 Å². The van der Waals surface area contributed by atoms with Crippen molar-refractivity contribution in [1.29, 1.82) is 0 Å². The number of fused-ring (bicyclic) bond motifs is 1. The third kappa shape index (κ3) is 2.92. The molecule has 3 nitrogen and oxygen atoms in total. The molecule has 1 N–H and O–H groups in total. The topological polar surface area (TPSA) is 37.8 Å². The number of hydrogen-bond donors (Lipinski definition) is 1. The number of nitrogens with one attached hydrogen (secondary N) is 1. The van der Waals surface area contributed by atoms with Crippen molar-refractivity contribution in [1.82, 2.24) is 15.3 Å². The predicted octanol–water partition coefficient (Wildman–Crippen LogP) is 3.37. The van der Waals surface area contributed by atoms with Crippen LogP contribution in [0.3, 0.4) is 0 Å². The van der Waals surface area contributed by atoms with E-state index in [2.05, 4.69) is 61.2 Å². The summed E-state index contributed by atoms with van der Waals surface area (Å²) < 4.78 is 0. The van der Waals surface area contributed by atoms with E-state index in [4.69, 9.17) is 0 Å². The van der Waals surface area contributed by atoms with Crippen molar-refractivity contribution in [3.8, 4) is 0 Å². The van der Waals surface area contributed by atoms with Gasteiger partial charge in [-0.25, -0.2) is 9.97 Å². The minimum Gasteiger partial charge on any atom is -0.314 e. The molecular weight excluding hydrogens is 234 g/mol. The molecule has 0 saturated carbocycles. The summed E-state index contributed by atoms with van der Waals surface area (Å²) in [4.78, 5) is 8.94. The highest BCUT2D eigenvalue weighted by Crippen LogP contribution is 2.30. The molecule has 0 spiro atoms. The highest BCUT2D eigenvalue weighted by Gasteiger charge is 2.25. The lowest BCUT2D eigenvalue weighted by Gasteiger charge is -2.28. The molecule has 0 aliphatic rings. The minimum absolute atomic E-state index is 0.396. The first-order chi connectivity index (χ1) is 9.15. The van der Waals surface area contributed by atoms with Gasteiger partial charge in [0.15, 0.2) is 0 Å². The Kier molecular flexibility index (Phi) is 4.48. The van der Waals surface area contributed by atoms with Crippen LogP contribution in [0.2, 0.25) is 0 Å². The zero-order valence-electron chi connectivity index (χ0n) is 12.2. The van der Waals surface area contributed by atoms with Crippen LogP contribution in [0.25, 0.3) is 10.9 Å². The van der Waals surface area contributed by atoms with Crippen molar-refractivity contribution in [2.24, 2.45) is 5.92 Å². The van der Waals surface area contributed by atoms with Crippen LogP contribution in [-0.2, 0) is 0 Å². The van der Waals surface area contributed by atoms with Gasteiger partial charge in [-0.1, -0.05) is 39.0 Å². The first-order valence-electron chi connectivity index (χ1n) is 7.08. The predicted molar refractivity (Wildman–Crippen MR) is 80.3 cm³/mol. The van der Waals surface area contributed by atoms with Gasteiger partial charge in [0.25, 0.3) is 0 Å². The third-order valence-corrected chi connectivity index (χ3v) is 3.67. The second-order valence-corrected chi connectivity index (χ2v) is 5.39. The lowest BCUT2D eigenvalue weighted by Crippen LogP contribution is -2.35. The molecule has 0 amide bonds. The molecule has 2 unspecified atom stereocenters. The van der Waals surface area contributed by atoms with Gasteiger partial charge in [-0.3, -0.25) is 0 Å². The van der Waals surface area contributed by atoms with Gasteiger partial charge < -0.3 is 5.32 Å². The summed E-state index contributed by atoms with van der Waals surface area (Å²) in [5.74, 6) is 0.931. The van der Waals surface area contributed by atoms with E-state index in [1.54, 1.807) is 6.33 Å². The summed E-state index contributed by atoms with van der Waals surface area (Å²) >= 11 is 0. The smallest absolute Gasteiger partial charge is 0.116 e. The summed E-state index contributed by atoms with van der Waals surface area (Å²) in [6.07, 6.45) is 1.69. The minimum atomic E-state index is 0.396. The van der Waals surface area contributed by atoms with Crippen molar-refractivity contribution in [3.63, 3.8) is 0 Å². The van der Waals surface area contributed by atoms with Crippen molar-refractivity contribution >= 4 is 10.9 Å². The number of nitrogens with zero attached hydrogens (tertiary/aromatic N) is 2. The Morgan fingerprint density at radius 1 is 1.11 bits per heavy atom. The maximum absolute atomic E-state index is 4.58. The van der Waals surface area contributed by atoms with E-state index in [0.717, 1.165) is 17.8 Å². The van der Waals surface area contributed by atoms with Gasteiger partial charge in [-0.05, 0) is 25.5 Å². The molecule has 0 radical (unpaired) electrons. The largest absolute Gasteiger partial charge is 0.314 e. The van der Waals surface area contributed by atoms with Gasteiger partial charge in [-0.15, -0.1) is 0 Å². The lowest BCUT2D eigenvalue weighted by molar-refractivity contribution is 0.378. The number of aromatic nitrogens is 2. The molecule has 102 valence electrons. The number of hydrogen-bond acceptors (Lipinski definition) is 3. The zero-order valence-corrected chi connectivity index (χ0v) is 12.2. The SMILES string of the molecule is CCNC(C)C(c1ncnc2ccccc12)C(C)C. The number of likely N-dealkylation sites (N-methyl/N-ethyl adjacent to an activating group) is 1. The van der Waals surface area contributed by atoms with Gasteiger partial charge >= 0.3 is 0 Å². The van der Waals surface area contributed by atoms with E-state index in [0.29, 0.717) is 17.9 Å². The Bertz CT molecular complexity index is 531. The van der Waals surface area contributed by atoms with E-state index in [1.807, 2.05) is 6.07 Å². The lowest BCUT2D eigenvalue weighted by atomic mass is 9.84. The number of benzene rings is 1. The maximum Gasteiger partial charge on any atom is 0.116 e. The molecule has 0 aliphatic carbocycles. The summed E-state index contributed by atoms with van der Waals surface area (Å²) in [5, 5.41) is 4.70. The van der Waals surface area contributed by atoms with Crippen molar-refractivity contribution in [2.75, 3.05) is 6.54 Å². The average molecular weight is 257 g/mol. The van der Waals surface area contributed by atoms with E-state index in [-0.39, 0.29) is 0 Å². The van der Waals surface area contributed by atoms with E-state index < -0.39 is 0 Å². The Hall–Kier alpha value is -1.48. The molecule has 2 atom stereocenters. The first kappa shape index (κ1) is 13.9. The highest BCUT2D eigenvalue weighted by atomic mass is 14.9. The molecule has 3 heteroatoms. The van der Waals surface area contributed by atoms with Gasteiger partial charge in [0.2, 0.25) is 0 Å². The third-order valence-electron chi connectivity index (χ3n) is 3.67. The average Bonchev–Trinajstić information content (AvgIpc) is 2.39. The molecular formula is C16H23N3. The summed E-state index contributed by atoms with van der Waals surface area (Å²) in [6, 6.07) is 8.67. The molecule has 19 heavy (non-hydrogen) atoms. The standard InChI is InChI=1S/C16H23N3/c1-5-17-12(4)15(11(2)3)16-13-8-6-7-9-14(13)18-10-19-16/h6-12,15,17H,5H2,1-4H3. The molecule has 0 fully saturated rings. The van der Waals surface area contributed by atoms with Crippen LogP contribution in [0, 0.1) is 5.92 Å². The fraction of sp³-hybridized carbons (Fsp3) is 0.500. The van der Waals surface area contributed by atoms with Crippen LogP contribution in [0.1, 0.15) is 39.3 Å². The number of para-hydroxylation sites is 1.